The van der Waals surface area contributed by atoms with Gasteiger partial charge in [0.2, 0.25) is 0 Å². The molecule has 0 fully saturated rings. The molecule has 0 radical (unpaired) electrons. The largest absolute Gasteiger partial charge is 0.384 e. The van der Waals surface area contributed by atoms with Crippen LogP contribution in [-0.4, -0.2) is 5.11 Å². The Bertz CT molecular complexity index is 502. The monoisotopic (exact) mass is 258 g/mol. The van der Waals surface area contributed by atoms with Crippen LogP contribution in [0.4, 0.5) is 4.39 Å². The molecule has 0 saturated heterocycles. The van der Waals surface area contributed by atoms with Gasteiger partial charge in [0.15, 0.2) is 0 Å². The van der Waals surface area contributed by atoms with Crippen molar-refractivity contribution in [2.45, 2.75) is 32.3 Å². The van der Waals surface area contributed by atoms with Gasteiger partial charge in [-0.3, -0.25) is 0 Å². The van der Waals surface area contributed by atoms with Gasteiger partial charge in [0.25, 0.3) is 0 Å². The molecule has 100 valence electrons. The number of rotatable bonds is 5. The number of benzene rings is 2. The molecule has 2 heteroatoms. The van der Waals surface area contributed by atoms with Gasteiger partial charge in [0.05, 0.1) is 0 Å². The standard InChI is InChI=1S/C17H19FO/c1-2-3-4-13-5-7-14(8-6-13)17(19)15-9-11-16(18)12-10-15/h5-12,17,19H,2-4H2,1H3. The summed E-state index contributed by atoms with van der Waals surface area (Å²) in [7, 11) is 0. The maximum absolute atomic E-state index is 12.8. The fourth-order valence-electron chi connectivity index (χ4n) is 2.09. The average Bonchev–Trinajstić information content (AvgIpc) is 2.46. The van der Waals surface area contributed by atoms with E-state index in [1.165, 1.54) is 30.5 Å². The smallest absolute Gasteiger partial charge is 0.123 e. The van der Waals surface area contributed by atoms with Crippen LogP contribution in [0.3, 0.4) is 0 Å². The molecule has 0 saturated carbocycles. The van der Waals surface area contributed by atoms with Gasteiger partial charge in [-0.05, 0) is 41.7 Å². The highest BCUT2D eigenvalue weighted by molar-refractivity contribution is 5.32. The van der Waals surface area contributed by atoms with Crippen LogP contribution in [0.5, 0.6) is 0 Å². The van der Waals surface area contributed by atoms with Crippen LogP contribution in [0, 0.1) is 5.82 Å². The topological polar surface area (TPSA) is 20.2 Å². The number of aliphatic hydroxyl groups excluding tert-OH is 1. The van der Waals surface area contributed by atoms with E-state index in [4.69, 9.17) is 0 Å². The second kappa shape index (κ2) is 6.48. The van der Waals surface area contributed by atoms with Crippen LogP contribution >= 0.6 is 0 Å². The van der Waals surface area contributed by atoms with Crippen LogP contribution in [0.25, 0.3) is 0 Å². The van der Waals surface area contributed by atoms with Crippen molar-refractivity contribution in [3.8, 4) is 0 Å². The first-order valence-electron chi connectivity index (χ1n) is 6.73. The van der Waals surface area contributed by atoms with Crippen molar-refractivity contribution in [2.75, 3.05) is 0 Å². The summed E-state index contributed by atoms with van der Waals surface area (Å²) in [4.78, 5) is 0. The molecular formula is C17H19FO. The van der Waals surface area contributed by atoms with E-state index >= 15 is 0 Å². The number of hydrogen-bond donors (Lipinski definition) is 1. The molecule has 0 amide bonds. The second-order valence-electron chi connectivity index (χ2n) is 4.80. The van der Waals surface area contributed by atoms with Crippen LogP contribution < -0.4 is 0 Å². The molecule has 2 aromatic carbocycles. The molecule has 0 aliphatic rings. The molecule has 2 aromatic rings. The lowest BCUT2D eigenvalue weighted by atomic mass is 9.99. The van der Waals surface area contributed by atoms with Crippen molar-refractivity contribution in [3.63, 3.8) is 0 Å². The number of aryl methyl sites for hydroxylation is 1. The third kappa shape index (κ3) is 3.65. The molecule has 1 nitrogen and oxygen atoms in total. The summed E-state index contributed by atoms with van der Waals surface area (Å²) in [6.45, 7) is 2.17. The van der Waals surface area contributed by atoms with E-state index in [2.05, 4.69) is 19.1 Å². The molecule has 0 aromatic heterocycles. The Morgan fingerprint density at radius 1 is 0.947 bits per heavy atom. The Hall–Kier alpha value is -1.67. The van der Waals surface area contributed by atoms with Crippen LogP contribution in [0.1, 0.15) is 42.6 Å². The lowest BCUT2D eigenvalue weighted by Crippen LogP contribution is -2.00. The van der Waals surface area contributed by atoms with Gasteiger partial charge >= 0.3 is 0 Å². The Morgan fingerprint density at radius 2 is 1.47 bits per heavy atom. The molecule has 0 aliphatic carbocycles. The fourth-order valence-corrected chi connectivity index (χ4v) is 2.09. The zero-order chi connectivity index (χ0) is 13.7. The Kier molecular flexibility index (Phi) is 4.69. The van der Waals surface area contributed by atoms with E-state index in [-0.39, 0.29) is 5.82 Å². The van der Waals surface area contributed by atoms with E-state index in [0.717, 1.165) is 12.0 Å². The molecular weight excluding hydrogens is 239 g/mol. The minimum Gasteiger partial charge on any atom is -0.384 e. The van der Waals surface area contributed by atoms with Crippen molar-refractivity contribution in [3.05, 3.63) is 71.0 Å². The molecule has 0 spiro atoms. The van der Waals surface area contributed by atoms with Gasteiger partial charge in [-0.1, -0.05) is 49.7 Å². The molecule has 19 heavy (non-hydrogen) atoms. The summed E-state index contributed by atoms with van der Waals surface area (Å²) in [5, 5.41) is 10.2. The fraction of sp³-hybridized carbons (Fsp3) is 0.294. The molecule has 0 heterocycles. The van der Waals surface area contributed by atoms with Gasteiger partial charge in [0, 0.05) is 0 Å². The Balaban J connectivity index is 2.10. The molecule has 0 aliphatic heterocycles. The van der Waals surface area contributed by atoms with Crippen molar-refractivity contribution in [2.24, 2.45) is 0 Å². The van der Waals surface area contributed by atoms with Crippen molar-refractivity contribution >= 4 is 0 Å². The van der Waals surface area contributed by atoms with E-state index in [1.807, 2.05) is 12.1 Å². The highest BCUT2D eigenvalue weighted by atomic mass is 19.1. The highest BCUT2D eigenvalue weighted by Crippen LogP contribution is 2.22. The molecule has 1 atom stereocenters. The average molecular weight is 258 g/mol. The number of halogens is 1. The predicted octanol–water partition coefficient (Wildman–Crippen LogP) is 4.25. The zero-order valence-electron chi connectivity index (χ0n) is 11.1. The minimum atomic E-state index is -0.694. The van der Waals surface area contributed by atoms with Gasteiger partial charge in [0.1, 0.15) is 11.9 Å². The first-order valence-corrected chi connectivity index (χ1v) is 6.73. The van der Waals surface area contributed by atoms with E-state index in [1.54, 1.807) is 12.1 Å². The molecule has 2 rings (SSSR count). The van der Waals surface area contributed by atoms with Crippen molar-refractivity contribution in [1.29, 1.82) is 0 Å². The SMILES string of the molecule is CCCCc1ccc(C(O)c2ccc(F)cc2)cc1. The minimum absolute atomic E-state index is 0.286. The van der Waals surface area contributed by atoms with E-state index < -0.39 is 6.10 Å². The Labute approximate surface area is 113 Å². The second-order valence-corrected chi connectivity index (χ2v) is 4.80. The van der Waals surface area contributed by atoms with Crippen molar-refractivity contribution < 1.29 is 9.50 Å². The molecule has 0 bridgehead atoms. The summed E-state index contributed by atoms with van der Waals surface area (Å²) in [6, 6.07) is 14.0. The first-order chi connectivity index (χ1) is 9.20. The summed E-state index contributed by atoms with van der Waals surface area (Å²) < 4.78 is 12.8. The summed E-state index contributed by atoms with van der Waals surface area (Å²) >= 11 is 0. The lowest BCUT2D eigenvalue weighted by molar-refractivity contribution is 0.220. The number of hydrogen-bond acceptors (Lipinski definition) is 1. The molecule has 1 N–H and O–H groups in total. The Morgan fingerprint density at radius 3 is 2.00 bits per heavy atom. The number of aliphatic hydroxyl groups is 1. The summed E-state index contributed by atoms with van der Waals surface area (Å²) in [5.41, 5.74) is 2.84. The van der Waals surface area contributed by atoms with Gasteiger partial charge in [-0.15, -0.1) is 0 Å². The van der Waals surface area contributed by atoms with E-state index in [9.17, 15) is 9.50 Å². The van der Waals surface area contributed by atoms with Gasteiger partial charge in [-0.2, -0.15) is 0 Å². The van der Waals surface area contributed by atoms with Crippen LogP contribution in [0.15, 0.2) is 48.5 Å². The third-order valence-electron chi connectivity index (χ3n) is 3.30. The predicted molar refractivity (Wildman–Crippen MR) is 75.5 cm³/mol. The van der Waals surface area contributed by atoms with E-state index in [0.29, 0.717) is 5.56 Å². The van der Waals surface area contributed by atoms with Crippen molar-refractivity contribution in [1.82, 2.24) is 0 Å². The van der Waals surface area contributed by atoms with Gasteiger partial charge < -0.3 is 5.11 Å². The maximum Gasteiger partial charge on any atom is 0.123 e. The van der Waals surface area contributed by atoms with Crippen LogP contribution in [-0.2, 0) is 6.42 Å². The third-order valence-corrected chi connectivity index (χ3v) is 3.30. The first kappa shape index (κ1) is 13.8. The lowest BCUT2D eigenvalue weighted by Gasteiger charge is -2.12. The van der Waals surface area contributed by atoms with Gasteiger partial charge in [-0.25, -0.2) is 4.39 Å². The summed E-state index contributed by atoms with van der Waals surface area (Å²) in [6.07, 6.45) is 2.74. The zero-order valence-corrected chi connectivity index (χ0v) is 11.1. The quantitative estimate of drug-likeness (QED) is 0.850. The number of unbranched alkanes of at least 4 members (excludes halogenated alkanes) is 1. The normalized spacial score (nSPS) is 12.4. The molecule has 1 unspecified atom stereocenters. The highest BCUT2D eigenvalue weighted by Gasteiger charge is 2.10. The summed E-state index contributed by atoms with van der Waals surface area (Å²) in [5.74, 6) is -0.286. The van der Waals surface area contributed by atoms with Crippen LogP contribution in [0.2, 0.25) is 0 Å². The maximum atomic E-state index is 12.8.